The number of pyridine rings is 1. The summed E-state index contributed by atoms with van der Waals surface area (Å²) in [5.41, 5.74) is 1.20. The van der Waals surface area contributed by atoms with E-state index in [1.165, 1.54) is 12.8 Å². The molecule has 0 bridgehead atoms. The van der Waals surface area contributed by atoms with Crippen LogP contribution in [0.25, 0.3) is 0 Å². The van der Waals surface area contributed by atoms with Gasteiger partial charge in [-0.2, -0.15) is 0 Å². The minimum atomic E-state index is -0.209. The van der Waals surface area contributed by atoms with Gasteiger partial charge in [0.25, 0.3) is 5.91 Å². The quantitative estimate of drug-likeness (QED) is 0.824. The number of hydrogen-bond donors (Lipinski definition) is 0. The van der Waals surface area contributed by atoms with Gasteiger partial charge in [0.1, 0.15) is 5.69 Å². The zero-order chi connectivity index (χ0) is 17.4. The fourth-order valence-electron chi connectivity index (χ4n) is 4.42. The molecule has 0 radical (unpaired) electrons. The predicted molar refractivity (Wildman–Crippen MR) is 94.5 cm³/mol. The molecule has 1 aromatic heterocycles. The summed E-state index contributed by atoms with van der Waals surface area (Å²) in [7, 11) is 1.79. The zero-order valence-electron chi connectivity index (χ0n) is 15.2. The third kappa shape index (κ3) is 3.32. The predicted octanol–water partition coefficient (Wildman–Crippen LogP) is 2.97. The van der Waals surface area contributed by atoms with E-state index in [2.05, 4.69) is 4.98 Å². The van der Waals surface area contributed by atoms with E-state index in [0.717, 1.165) is 50.4 Å². The van der Waals surface area contributed by atoms with Crippen LogP contribution in [0, 0.1) is 12.8 Å². The molecule has 5 nitrogen and oxygen atoms in total. The van der Waals surface area contributed by atoms with Gasteiger partial charge < -0.3 is 14.4 Å². The van der Waals surface area contributed by atoms with Gasteiger partial charge >= 0.3 is 0 Å². The van der Waals surface area contributed by atoms with Crippen molar-refractivity contribution in [3.63, 3.8) is 0 Å². The first-order valence-corrected chi connectivity index (χ1v) is 9.53. The van der Waals surface area contributed by atoms with Crippen molar-refractivity contribution in [3.05, 3.63) is 29.6 Å². The normalized spacial score (nSPS) is 31.8. The average molecular weight is 344 g/mol. The molecule has 25 heavy (non-hydrogen) atoms. The Bertz CT molecular complexity index is 646. The Balaban J connectivity index is 1.50. The summed E-state index contributed by atoms with van der Waals surface area (Å²) in [5.74, 6) is 0.794. The lowest BCUT2D eigenvalue weighted by Gasteiger charge is -2.43. The van der Waals surface area contributed by atoms with Crippen molar-refractivity contribution in [1.29, 1.82) is 0 Å². The summed E-state index contributed by atoms with van der Waals surface area (Å²) in [4.78, 5) is 19.5. The third-order valence-corrected chi connectivity index (χ3v) is 6.17. The maximum atomic E-state index is 13.1. The highest BCUT2D eigenvalue weighted by Gasteiger charge is 2.53. The first-order chi connectivity index (χ1) is 12.1. The molecule has 0 spiro atoms. The van der Waals surface area contributed by atoms with Gasteiger partial charge in [-0.05, 0) is 63.5 Å². The number of methoxy groups -OCH3 is 1. The molecule has 4 rings (SSSR count). The summed E-state index contributed by atoms with van der Waals surface area (Å²) >= 11 is 0. The molecule has 1 amide bonds. The maximum Gasteiger partial charge on any atom is 0.272 e. The number of rotatable bonds is 5. The van der Waals surface area contributed by atoms with Crippen molar-refractivity contribution in [2.24, 2.45) is 5.92 Å². The fraction of sp³-hybridized carbons (Fsp3) is 0.700. The van der Waals surface area contributed by atoms with Crippen LogP contribution in [0.3, 0.4) is 0 Å². The lowest BCUT2D eigenvalue weighted by atomic mass is 9.79. The molecule has 0 aromatic carbocycles. The van der Waals surface area contributed by atoms with Crippen molar-refractivity contribution >= 4 is 5.91 Å². The van der Waals surface area contributed by atoms with E-state index >= 15 is 0 Å². The number of nitrogens with zero attached hydrogens (tertiary/aromatic N) is 2. The van der Waals surface area contributed by atoms with Gasteiger partial charge in [-0.3, -0.25) is 4.79 Å². The number of aromatic nitrogens is 1. The van der Waals surface area contributed by atoms with Gasteiger partial charge in [-0.15, -0.1) is 0 Å². The topological polar surface area (TPSA) is 51.7 Å². The summed E-state index contributed by atoms with van der Waals surface area (Å²) in [6.45, 7) is 3.54. The molecule has 1 aliphatic heterocycles. The van der Waals surface area contributed by atoms with Crippen molar-refractivity contribution in [3.8, 4) is 0 Å². The Labute approximate surface area is 149 Å². The molecule has 1 aromatic rings. The van der Waals surface area contributed by atoms with E-state index in [1.807, 2.05) is 30.0 Å². The van der Waals surface area contributed by atoms with E-state index in [9.17, 15) is 4.79 Å². The molecule has 1 saturated heterocycles. The summed E-state index contributed by atoms with van der Waals surface area (Å²) in [6.07, 6.45) is 6.63. The minimum absolute atomic E-state index is 0.0236. The highest BCUT2D eigenvalue weighted by atomic mass is 16.5. The highest BCUT2D eigenvalue weighted by molar-refractivity contribution is 5.93. The molecule has 3 aliphatic rings. The number of carbonyl (C=O) groups excluding carboxylic acids is 1. The molecular weight excluding hydrogens is 316 g/mol. The van der Waals surface area contributed by atoms with Gasteiger partial charge in [0.2, 0.25) is 0 Å². The van der Waals surface area contributed by atoms with Gasteiger partial charge in [-0.25, -0.2) is 4.98 Å². The molecule has 5 heteroatoms. The number of amides is 1. The summed E-state index contributed by atoms with van der Waals surface area (Å²) in [6, 6.07) is 5.72. The zero-order valence-corrected chi connectivity index (χ0v) is 15.2. The molecule has 2 aliphatic carbocycles. The van der Waals surface area contributed by atoms with Crippen LogP contribution in [-0.4, -0.2) is 53.8 Å². The molecular formula is C20H28N2O3. The third-order valence-electron chi connectivity index (χ3n) is 6.17. The Morgan fingerprint density at radius 2 is 2.16 bits per heavy atom. The lowest BCUT2D eigenvalue weighted by Crippen LogP contribution is -2.53. The molecule has 2 saturated carbocycles. The van der Waals surface area contributed by atoms with Crippen LogP contribution in [0.1, 0.15) is 54.7 Å². The van der Waals surface area contributed by atoms with Crippen molar-refractivity contribution in [2.75, 3.05) is 20.3 Å². The number of ether oxygens (including phenoxy) is 2. The van der Waals surface area contributed by atoms with Crippen molar-refractivity contribution < 1.29 is 14.3 Å². The fourth-order valence-corrected chi connectivity index (χ4v) is 4.42. The Morgan fingerprint density at radius 3 is 2.88 bits per heavy atom. The number of aryl methyl sites for hydroxylation is 1. The Morgan fingerprint density at radius 1 is 1.32 bits per heavy atom. The second-order valence-electron chi connectivity index (χ2n) is 7.87. The van der Waals surface area contributed by atoms with Crippen LogP contribution in [0.4, 0.5) is 0 Å². The molecule has 3 atom stereocenters. The first-order valence-electron chi connectivity index (χ1n) is 9.53. The van der Waals surface area contributed by atoms with Crippen molar-refractivity contribution in [2.45, 2.75) is 63.2 Å². The number of hydrogen-bond acceptors (Lipinski definition) is 4. The van der Waals surface area contributed by atoms with E-state index in [0.29, 0.717) is 5.69 Å². The van der Waals surface area contributed by atoms with Gasteiger partial charge in [-0.1, -0.05) is 6.07 Å². The van der Waals surface area contributed by atoms with E-state index in [1.54, 1.807) is 7.11 Å². The van der Waals surface area contributed by atoms with Crippen LogP contribution >= 0.6 is 0 Å². The molecule has 3 fully saturated rings. The number of fused-ring (bicyclic) bond motifs is 1. The first kappa shape index (κ1) is 17.0. The van der Waals surface area contributed by atoms with Crippen LogP contribution in [-0.2, 0) is 9.47 Å². The van der Waals surface area contributed by atoms with Crippen LogP contribution in [0.15, 0.2) is 18.2 Å². The number of carbonyl (C=O) groups is 1. The van der Waals surface area contributed by atoms with Gasteiger partial charge in [0.15, 0.2) is 0 Å². The highest BCUT2D eigenvalue weighted by Crippen LogP contribution is 2.44. The second kappa shape index (κ2) is 6.69. The summed E-state index contributed by atoms with van der Waals surface area (Å²) in [5, 5.41) is 0. The minimum Gasteiger partial charge on any atom is -0.378 e. The molecule has 0 N–H and O–H groups in total. The monoisotopic (exact) mass is 344 g/mol. The molecule has 2 heterocycles. The maximum absolute atomic E-state index is 13.1. The Kier molecular flexibility index (Phi) is 4.54. The van der Waals surface area contributed by atoms with Crippen LogP contribution in [0.5, 0.6) is 0 Å². The molecule has 0 unspecified atom stereocenters. The Hall–Kier alpha value is -1.46. The number of likely N-dealkylation sites (tertiary alicyclic amines) is 1. The molecule has 136 valence electrons. The summed E-state index contributed by atoms with van der Waals surface area (Å²) < 4.78 is 12.1. The van der Waals surface area contributed by atoms with Crippen LogP contribution in [0.2, 0.25) is 0 Å². The standard InChI is InChI=1S/C20H28N2O3/c1-14-4-3-5-17(21-14)19(23)22-11-10-20(24-2)9-8-16(12-18(20)22)25-13-15-6-7-15/h3-5,15-16,18H,6-13H2,1-2H3/t16-,18-,20+/m0/s1. The van der Waals surface area contributed by atoms with E-state index < -0.39 is 0 Å². The lowest BCUT2D eigenvalue weighted by molar-refractivity contribution is -0.0977. The van der Waals surface area contributed by atoms with Crippen molar-refractivity contribution in [1.82, 2.24) is 9.88 Å². The average Bonchev–Trinajstić information content (AvgIpc) is 3.38. The largest absolute Gasteiger partial charge is 0.378 e. The van der Waals surface area contributed by atoms with Crippen LogP contribution < -0.4 is 0 Å². The van der Waals surface area contributed by atoms with Gasteiger partial charge in [0, 0.05) is 26.0 Å². The second-order valence-corrected chi connectivity index (χ2v) is 7.87. The van der Waals surface area contributed by atoms with E-state index in [-0.39, 0.29) is 23.7 Å². The smallest absolute Gasteiger partial charge is 0.272 e. The van der Waals surface area contributed by atoms with E-state index in [4.69, 9.17) is 9.47 Å². The van der Waals surface area contributed by atoms with Gasteiger partial charge in [0.05, 0.1) is 17.7 Å². The SMILES string of the molecule is CO[C@@]12CC[C@H](OCC3CC3)C[C@@H]1N(C(=O)c1cccc(C)n1)CC2.